The summed E-state index contributed by atoms with van der Waals surface area (Å²) in [6.45, 7) is 6.47. The number of aromatic nitrogens is 2. The molecule has 2 aromatic carbocycles. The molecule has 0 unspecified atom stereocenters. The molecule has 0 aliphatic heterocycles. The number of hydrogen-bond acceptors (Lipinski definition) is 5. The van der Waals surface area contributed by atoms with Crippen LogP contribution in [0.3, 0.4) is 0 Å². The summed E-state index contributed by atoms with van der Waals surface area (Å²) in [4.78, 5) is 42.8. The SMILES string of the molecule is CCCCn1c(N)c(N(Cc2ccccc2)C(=O)Cc2coc3c(C)c(C)ccc23)c(=O)[nH]c1=O. The molecule has 0 aliphatic rings. The molecular weight excluding hydrogens is 444 g/mol. The van der Waals surface area contributed by atoms with E-state index in [0.717, 1.165) is 39.6 Å². The number of benzene rings is 2. The number of anilines is 2. The van der Waals surface area contributed by atoms with Gasteiger partial charge in [0, 0.05) is 17.5 Å². The Kier molecular flexibility index (Phi) is 6.91. The minimum absolute atomic E-state index is 0.00923. The van der Waals surface area contributed by atoms with Crippen LogP contribution in [-0.4, -0.2) is 15.5 Å². The average Bonchev–Trinajstić information content (AvgIpc) is 3.24. The van der Waals surface area contributed by atoms with E-state index in [9.17, 15) is 14.4 Å². The fourth-order valence-corrected chi connectivity index (χ4v) is 4.22. The number of nitrogens with zero attached hydrogens (tertiary/aromatic N) is 2. The lowest BCUT2D eigenvalue weighted by Crippen LogP contribution is -2.41. The van der Waals surface area contributed by atoms with Gasteiger partial charge in [0.25, 0.3) is 5.56 Å². The van der Waals surface area contributed by atoms with Crippen LogP contribution < -0.4 is 21.9 Å². The number of amides is 1. The molecule has 4 aromatic rings. The third-order valence-electron chi connectivity index (χ3n) is 6.39. The number of aromatic amines is 1. The maximum Gasteiger partial charge on any atom is 0.330 e. The van der Waals surface area contributed by atoms with Crippen molar-refractivity contribution in [1.82, 2.24) is 9.55 Å². The molecular formula is C27H30N4O4. The van der Waals surface area contributed by atoms with Crippen molar-refractivity contribution in [2.24, 2.45) is 0 Å². The van der Waals surface area contributed by atoms with Crippen LogP contribution in [0.5, 0.6) is 0 Å². The van der Waals surface area contributed by atoms with Crippen LogP contribution in [-0.2, 0) is 24.3 Å². The van der Waals surface area contributed by atoms with Gasteiger partial charge in [-0.15, -0.1) is 0 Å². The normalized spacial score (nSPS) is 11.2. The summed E-state index contributed by atoms with van der Waals surface area (Å²) in [5.41, 5.74) is 9.48. The van der Waals surface area contributed by atoms with Crippen LogP contribution in [0.15, 0.2) is 62.7 Å². The second-order valence-electron chi connectivity index (χ2n) is 8.79. The summed E-state index contributed by atoms with van der Waals surface area (Å²) in [5, 5.41) is 0.857. The van der Waals surface area contributed by atoms with E-state index < -0.39 is 11.2 Å². The lowest BCUT2D eigenvalue weighted by atomic mass is 10.0. The fourth-order valence-electron chi connectivity index (χ4n) is 4.22. The number of hydrogen-bond donors (Lipinski definition) is 2. The minimum atomic E-state index is -0.687. The maximum atomic E-state index is 13.7. The molecule has 0 spiro atoms. The van der Waals surface area contributed by atoms with Crippen molar-refractivity contribution >= 4 is 28.4 Å². The highest BCUT2D eigenvalue weighted by Crippen LogP contribution is 2.28. The third kappa shape index (κ3) is 4.77. The summed E-state index contributed by atoms with van der Waals surface area (Å²) in [6, 6.07) is 13.3. The zero-order valence-electron chi connectivity index (χ0n) is 20.3. The van der Waals surface area contributed by atoms with Gasteiger partial charge in [-0.25, -0.2) is 4.79 Å². The van der Waals surface area contributed by atoms with Crippen LogP contribution in [0, 0.1) is 13.8 Å². The molecule has 1 amide bonds. The van der Waals surface area contributed by atoms with Crippen LogP contribution in [0.25, 0.3) is 11.0 Å². The number of nitrogens with one attached hydrogen (secondary N) is 1. The first-order valence-electron chi connectivity index (χ1n) is 11.7. The number of carbonyl (C=O) groups is 1. The molecule has 8 nitrogen and oxygen atoms in total. The number of nitrogen functional groups attached to an aromatic ring is 1. The molecule has 0 saturated heterocycles. The number of rotatable bonds is 8. The molecule has 35 heavy (non-hydrogen) atoms. The van der Waals surface area contributed by atoms with Crippen molar-refractivity contribution in [3.05, 3.63) is 91.8 Å². The highest BCUT2D eigenvalue weighted by Gasteiger charge is 2.26. The molecule has 2 aromatic heterocycles. The lowest BCUT2D eigenvalue weighted by Gasteiger charge is -2.24. The van der Waals surface area contributed by atoms with Crippen molar-refractivity contribution in [2.45, 2.75) is 53.1 Å². The zero-order valence-corrected chi connectivity index (χ0v) is 20.3. The van der Waals surface area contributed by atoms with Gasteiger partial charge >= 0.3 is 5.69 Å². The van der Waals surface area contributed by atoms with Crippen molar-refractivity contribution in [1.29, 1.82) is 0 Å². The number of nitrogens with two attached hydrogens (primary N) is 1. The number of aryl methyl sites for hydroxylation is 2. The summed E-state index contributed by atoms with van der Waals surface area (Å²) in [5.74, 6) is -0.340. The Morgan fingerprint density at radius 1 is 1.11 bits per heavy atom. The predicted molar refractivity (Wildman–Crippen MR) is 138 cm³/mol. The van der Waals surface area contributed by atoms with Gasteiger partial charge in [0.1, 0.15) is 11.4 Å². The Morgan fingerprint density at radius 3 is 2.57 bits per heavy atom. The van der Waals surface area contributed by atoms with Gasteiger partial charge in [0.15, 0.2) is 5.69 Å². The van der Waals surface area contributed by atoms with Crippen LogP contribution >= 0.6 is 0 Å². The van der Waals surface area contributed by atoms with Gasteiger partial charge in [-0.2, -0.15) is 0 Å². The zero-order chi connectivity index (χ0) is 25.1. The summed E-state index contributed by atoms with van der Waals surface area (Å²) in [6.07, 6.45) is 3.15. The van der Waals surface area contributed by atoms with E-state index in [1.165, 1.54) is 9.47 Å². The molecule has 0 bridgehead atoms. The van der Waals surface area contributed by atoms with Gasteiger partial charge in [-0.05, 0) is 37.0 Å². The summed E-state index contributed by atoms with van der Waals surface area (Å²) in [7, 11) is 0. The number of unbranched alkanes of at least 4 members (excludes halogenated alkanes) is 1. The van der Waals surface area contributed by atoms with E-state index in [0.29, 0.717) is 13.0 Å². The maximum absolute atomic E-state index is 13.7. The van der Waals surface area contributed by atoms with Crippen LogP contribution in [0.2, 0.25) is 0 Å². The van der Waals surface area contributed by atoms with E-state index >= 15 is 0 Å². The van der Waals surface area contributed by atoms with E-state index in [1.54, 1.807) is 6.26 Å². The highest BCUT2D eigenvalue weighted by molar-refractivity contribution is 5.99. The van der Waals surface area contributed by atoms with Crippen molar-refractivity contribution in [3.8, 4) is 0 Å². The molecule has 0 saturated carbocycles. The Balaban J connectivity index is 1.79. The highest BCUT2D eigenvalue weighted by atomic mass is 16.3. The van der Waals surface area contributed by atoms with Crippen molar-refractivity contribution < 1.29 is 9.21 Å². The van der Waals surface area contributed by atoms with Gasteiger partial charge in [0.05, 0.1) is 19.2 Å². The van der Waals surface area contributed by atoms with Crippen LogP contribution in [0.4, 0.5) is 11.5 Å². The smallest absolute Gasteiger partial charge is 0.330 e. The summed E-state index contributed by atoms with van der Waals surface area (Å²) < 4.78 is 7.11. The van der Waals surface area contributed by atoms with Gasteiger partial charge < -0.3 is 10.2 Å². The molecule has 182 valence electrons. The summed E-state index contributed by atoms with van der Waals surface area (Å²) >= 11 is 0. The molecule has 3 N–H and O–H groups in total. The van der Waals surface area contributed by atoms with Gasteiger partial charge in [-0.1, -0.05) is 55.8 Å². The molecule has 0 radical (unpaired) electrons. The topological polar surface area (TPSA) is 114 Å². The monoisotopic (exact) mass is 474 g/mol. The Labute approximate surface area is 203 Å². The first kappa shape index (κ1) is 24.1. The molecule has 0 fully saturated rings. The Bertz CT molecular complexity index is 1480. The van der Waals surface area contributed by atoms with Gasteiger partial charge in [0.2, 0.25) is 5.91 Å². The number of H-pyrrole nitrogens is 1. The van der Waals surface area contributed by atoms with E-state index in [4.69, 9.17) is 10.2 Å². The van der Waals surface area contributed by atoms with E-state index in [1.807, 2.05) is 63.2 Å². The molecule has 4 rings (SSSR count). The quantitative estimate of drug-likeness (QED) is 0.400. The first-order chi connectivity index (χ1) is 16.8. The molecule has 0 atom stereocenters. The average molecular weight is 475 g/mol. The Hall–Kier alpha value is -4.07. The fraction of sp³-hybridized carbons (Fsp3) is 0.296. The molecule has 8 heteroatoms. The molecule has 0 aliphatic carbocycles. The van der Waals surface area contributed by atoms with E-state index in [2.05, 4.69) is 4.98 Å². The standard InChI is InChI=1S/C27H30N4O4/c1-4-5-13-30-25(28)23(26(33)29-27(30)34)31(15-19-9-7-6-8-10-19)22(32)14-20-16-35-24-18(3)17(2)11-12-21(20)24/h6-12,16H,4-5,13-15,28H2,1-3H3,(H,29,33,34). The Morgan fingerprint density at radius 2 is 1.86 bits per heavy atom. The number of fused-ring (bicyclic) bond motifs is 1. The first-order valence-corrected chi connectivity index (χ1v) is 11.7. The molecule has 2 heterocycles. The lowest BCUT2D eigenvalue weighted by molar-refractivity contribution is -0.118. The number of furan rings is 1. The minimum Gasteiger partial charge on any atom is -0.464 e. The van der Waals surface area contributed by atoms with E-state index in [-0.39, 0.29) is 30.4 Å². The third-order valence-corrected chi connectivity index (χ3v) is 6.39. The van der Waals surface area contributed by atoms with Crippen molar-refractivity contribution in [3.63, 3.8) is 0 Å². The van der Waals surface area contributed by atoms with Crippen LogP contribution in [0.1, 0.15) is 42.0 Å². The van der Waals surface area contributed by atoms with Gasteiger partial charge in [-0.3, -0.25) is 24.0 Å². The predicted octanol–water partition coefficient (Wildman–Crippen LogP) is 4.06. The second kappa shape index (κ2) is 10.0. The largest absolute Gasteiger partial charge is 0.464 e. The second-order valence-corrected chi connectivity index (χ2v) is 8.79. The number of carbonyl (C=O) groups excluding carboxylic acids is 1. The van der Waals surface area contributed by atoms with Crippen molar-refractivity contribution in [2.75, 3.05) is 10.6 Å².